The number of benzene rings is 1. The van der Waals surface area contributed by atoms with Crippen LogP contribution in [0.4, 0.5) is 5.69 Å². The third-order valence-electron chi connectivity index (χ3n) is 3.36. The normalized spacial score (nSPS) is 12.0. The SMILES string of the molecule is Cc1nc(SC(C)C(=O)Nc2cccc(Cl)c2)nc(C)c1C. The van der Waals surface area contributed by atoms with E-state index in [-0.39, 0.29) is 11.2 Å². The maximum atomic E-state index is 12.2. The van der Waals surface area contributed by atoms with Gasteiger partial charge in [0, 0.05) is 22.1 Å². The number of halogens is 1. The minimum atomic E-state index is -0.305. The molecule has 0 aliphatic rings. The topological polar surface area (TPSA) is 54.9 Å². The van der Waals surface area contributed by atoms with Gasteiger partial charge in [-0.25, -0.2) is 9.97 Å². The van der Waals surface area contributed by atoms with Gasteiger partial charge in [0.2, 0.25) is 5.91 Å². The van der Waals surface area contributed by atoms with Gasteiger partial charge in [-0.05, 0) is 51.5 Å². The molecule has 1 atom stereocenters. The van der Waals surface area contributed by atoms with E-state index in [1.807, 2.05) is 27.7 Å². The fourth-order valence-corrected chi connectivity index (χ4v) is 2.87. The summed E-state index contributed by atoms with van der Waals surface area (Å²) < 4.78 is 0. The van der Waals surface area contributed by atoms with Crippen molar-refractivity contribution >= 4 is 35.0 Å². The van der Waals surface area contributed by atoms with E-state index in [9.17, 15) is 4.79 Å². The Bertz CT molecular complexity index is 683. The Kier molecular flexibility index (Phi) is 5.42. The van der Waals surface area contributed by atoms with Crippen LogP contribution in [0.25, 0.3) is 0 Å². The predicted octanol–water partition coefficient (Wildman–Crippen LogP) is 4.17. The Morgan fingerprint density at radius 3 is 2.45 bits per heavy atom. The number of nitrogens with zero attached hydrogens (tertiary/aromatic N) is 2. The molecule has 116 valence electrons. The first kappa shape index (κ1) is 16.8. The summed E-state index contributed by atoms with van der Waals surface area (Å²) in [4.78, 5) is 21.1. The Morgan fingerprint density at radius 2 is 1.86 bits per heavy atom. The van der Waals surface area contributed by atoms with Gasteiger partial charge >= 0.3 is 0 Å². The van der Waals surface area contributed by atoms with Crippen LogP contribution in [0.5, 0.6) is 0 Å². The Hall–Kier alpha value is -1.59. The van der Waals surface area contributed by atoms with E-state index >= 15 is 0 Å². The Labute approximate surface area is 139 Å². The van der Waals surface area contributed by atoms with Crippen LogP contribution in [0.3, 0.4) is 0 Å². The number of carbonyl (C=O) groups is 1. The molecule has 0 saturated heterocycles. The third-order valence-corrected chi connectivity index (χ3v) is 4.55. The summed E-state index contributed by atoms with van der Waals surface area (Å²) in [5.74, 6) is -0.105. The Morgan fingerprint density at radius 1 is 1.23 bits per heavy atom. The van der Waals surface area contributed by atoms with Crippen LogP contribution >= 0.6 is 23.4 Å². The van der Waals surface area contributed by atoms with Gasteiger partial charge in [0.25, 0.3) is 0 Å². The highest BCUT2D eigenvalue weighted by atomic mass is 35.5. The largest absolute Gasteiger partial charge is 0.325 e. The zero-order chi connectivity index (χ0) is 16.3. The van der Waals surface area contributed by atoms with E-state index < -0.39 is 0 Å². The van der Waals surface area contributed by atoms with Crippen molar-refractivity contribution in [2.75, 3.05) is 5.32 Å². The van der Waals surface area contributed by atoms with Gasteiger partial charge in [-0.2, -0.15) is 0 Å². The highest BCUT2D eigenvalue weighted by molar-refractivity contribution is 8.00. The lowest BCUT2D eigenvalue weighted by Gasteiger charge is -2.12. The molecule has 0 radical (unpaired) electrons. The summed E-state index contributed by atoms with van der Waals surface area (Å²) in [5, 5.41) is 3.75. The van der Waals surface area contributed by atoms with E-state index in [2.05, 4.69) is 15.3 Å². The maximum Gasteiger partial charge on any atom is 0.237 e. The monoisotopic (exact) mass is 335 g/mol. The molecule has 1 unspecified atom stereocenters. The van der Waals surface area contributed by atoms with Gasteiger partial charge in [0.1, 0.15) is 0 Å². The molecule has 2 aromatic rings. The van der Waals surface area contributed by atoms with Crippen LogP contribution in [-0.4, -0.2) is 21.1 Å². The molecule has 1 amide bonds. The van der Waals surface area contributed by atoms with E-state index in [1.165, 1.54) is 11.8 Å². The van der Waals surface area contributed by atoms with Crippen molar-refractivity contribution in [2.24, 2.45) is 0 Å². The van der Waals surface area contributed by atoms with Gasteiger partial charge in [-0.15, -0.1) is 0 Å². The van der Waals surface area contributed by atoms with Crippen LogP contribution in [0.2, 0.25) is 5.02 Å². The number of rotatable bonds is 4. The van der Waals surface area contributed by atoms with Gasteiger partial charge in [0.05, 0.1) is 5.25 Å². The summed E-state index contributed by atoms with van der Waals surface area (Å²) in [5.41, 5.74) is 3.65. The maximum absolute atomic E-state index is 12.2. The standard InChI is InChI=1S/C16H18ClN3OS/c1-9-10(2)18-16(19-11(9)3)22-12(4)15(21)20-14-7-5-6-13(17)8-14/h5-8,12H,1-4H3,(H,20,21). The lowest BCUT2D eigenvalue weighted by atomic mass is 10.2. The molecule has 1 aromatic heterocycles. The van der Waals surface area contributed by atoms with E-state index in [0.717, 1.165) is 17.0 Å². The average Bonchev–Trinajstić information content (AvgIpc) is 2.44. The molecule has 0 spiro atoms. The first-order valence-corrected chi connectivity index (χ1v) is 8.17. The molecule has 2 rings (SSSR count). The van der Waals surface area contributed by atoms with Crippen LogP contribution in [0, 0.1) is 20.8 Å². The zero-order valence-corrected chi connectivity index (χ0v) is 14.5. The smallest absolute Gasteiger partial charge is 0.237 e. The summed E-state index contributed by atoms with van der Waals surface area (Å²) >= 11 is 7.26. The minimum Gasteiger partial charge on any atom is -0.325 e. The number of hydrogen-bond donors (Lipinski definition) is 1. The fraction of sp³-hybridized carbons (Fsp3) is 0.312. The van der Waals surface area contributed by atoms with Crippen LogP contribution in [-0.2, 0) is 4.79 Å². The molecule has 0 fully saturated rings. The molecule has 22 heavy (non-hydrogen) atoms. The molecule has 0 bridgehead atoms. The fourth-order valence-electron chi connectivity index (χ4n) is 1.82. The highest BCUT2D eigenvalue weighted by Crippen LogP contribution is 2.23. The number of anilines is 1. The molecule has 1 aromatic carbocycles. The number of aryl methyl sites for hydroxylation is 2. The quantitative estimate of drug-likeness (QED) is 0.673. The predicted molar refractivity (Wildman–Crippen MR) is 91.6 cm³/mol. The molecule has 4 nitrogen and oxygen atoms in total. The second kappa shape index (κ2) is 7.11. The zero-order valence-electron chi connectivity index (χ0n) is 13.0. The molecular weight excluding hydrogens is 318 g/mol. The van der Waals surface area contributed by atoms with E-state index in [0.29, 0.717) is 15.9 Å². The number of carbonyl (C=O) groups excluding carboxylic acids is 1. The summed E-state index contributed by atoms with van der Waals surface area (Å²) in [6, 6.07) is 7.08. The van der Waals surface area contributed by atoms with Crippen molar-refractivity contribution in [3.8, 4) is 0 Å². The van der Waals surface area contributed by atoms with Gasteiger partial charge in [-0.1, -0.05) is 29.4 Å². The molecule has 6 heteroatoms. The average molecular weight is 336 g/mol. The van der Waals surface area contributed by atoms with E-state index in [4.69, 9.17) is 11.6 Å². The van der Waals surface area contributed by atoms with Crippen molar-refractivity contribution in [3.05, 3.63) is 46.2 Å². The number of hydrogen-bond acceptors (Lipinski definition) is 4. The number of thioether (sulfide) groups is 1. The first-order valence-electron chi connectivity index (χ1n) is 6.91. The number of nitrogens with one attached hydrogen (secondary N) is 1. The second-order valence-corrected chi connectivity index (χ2v) is 6.81. The lowest BCUT2D eigenvalue weighted by Crippen LogP contribution is -2.22. The molecule has 1 heterocycles. The van der Waals surface area contributed by atoms with Crippen molar-refractivity contribution in [3.63, 3.8) is 0 Å². The summed E-state index contributed by atoms with van der Waals surface area (Å²) in [6.45, 7) is 7.72. The van der Waals surface area contributed by atoms with E-state index in [1.54, 1.807) is 24.3 Å². The van der Waals surface area contributed by atoms with Crippen LogP contribution in [0.1, 0.15) is 23.9 Å². The third kappa shape index (κ3) is 4.21. The van der Waals surface area contributed by atoms with Crippen molar-refractivity contribution < 1.29 is 4.79 Å². The first-order chi connectivity index (χ1) is 10.4. The molecule has 0 aliphatic heterocycles. The van der Waals surface area contributed by atoms with Crippen LogP contribution < -0.4 is 5.32 Å². The lowest BCUT2D eigenvalue weighted by molar-refractivity contribution is -0.115. The van der Waals surface area contributed by atoms with Crippen molar-refractivity contribution in [2.45, 2.75) is 38.1 Å². The van der Waals surface area contributed by atoms with Crippen molar-refractivity contribution in [1.82, 2.24) is 9.97 Å². The summed E-state index contributed by atoms with van der Waals surface area (Å²) in [7, 11) is 0. The molecule has 0 aliphatic carbocycles. The van der Waals surface area contributed by atoms with Gasteiger partial charge in [0.15, 0.2) is 5.16 Å². The van der Waals surface area contributed by atoms with Crippen molar-refractivity contribution in [1.29, 1.82) is 0 Å². The second-order valence-electron chi connectivity index (χ2n) is 5.06. The Balaban J connectivity index is 2.05. The number of aromatic nitrogens is 2. The molecule has 0 saturated carbocycles. The highest BCUT2D eigenvalue weighted by Gasteiger charge is 2.17. The minimum absolute atomic E-state index is 0.105. The molecular formula is C16H18ClN3OS. The van der Waals surface area contributed by atoms with Gasteiger partial charge in [-0.3, -0.25) is 4.79 Å². The van der Waals surface area contributed by atoms with Crippen LogP contribution in [0.15, 0.2) is 29.4 Å². The number of amides is 1. The van der Waals surface area contributed by atoms with Gasteiger partial charge < -0.3 is 5.32 Å². The summed E-state index contributed by atoms with van der Waals surface area (Å²) in [6.07, 6.45) is 0. The molecule has 1 N–H and O–H groups in total.